The van der Waals surface area contributed by atoms with Gasteiger partial charge in [-0.3, -0.25) is 4.90 Å². The van der Waals surface area contributed by atoms with Gasteiger partial charge in [0.25, 0.3) is 0 Å². The average molecular weight is 347 g/mol. The number of β-amino-alcohol motifs (C(OH)–C–C–N with tert-alkyl or cyclic N) is 1. The zero-order chi connectivity index (χ0) is 17.6. The summed E-state index contributed by atoms with van der Waals surface area (Å²) < 4.78 is 16.1. The molecule has 2 heterocycles. The monoisotopic (exact) mass is 347 g/mol. The first-order valence-electron chi connectivity index (χ1n) is 8.59. The summed E-state index contributed by atoms with van der Waals surface area (Å²) >= 11 is 0. The van der Waals surface area contributed by atoms with Crippen molar-refractivity contribution in [3.8, 4) is 5.75 Å². The lowest BCUT2D eigenvalue weighted by molar-refractivity contribution is 0.00664. The number of para-hydroxylation sites is 1. The van der Waals surface area contributed by atoms with Crippen LogP contribution in [0.5, 0.6) is 5.75 Å². The fourth-order valence-electron chi connectivity index (χ4n) is 3.24. The molecular weight excluding hydrogens is 322 g/mol. The van der Waals surface area contributed by atoms with Crippen molar-refractivity contribution in [2.45, 2.75) is 38.5 Å². The van der Waals surface area contributed by atoms with Gasteiger partial charge in [0.05, 0.1) is 32.5 Å². The number of aliphatic hydroxyl groups excluding tert-OH is 1. The van der Waals surface area contributed by atoms with E-state index in [4.69, 9.17) is 14.0 Å². The molecule has 3 rings (SSSR count). The minimum Gasteiger partial charge on any atom is -0.496 e. The van der Waals surface area contributed by atoms with E-state index in [1.54, 1.807) is 14.0 Å². The van der Waals surface area contributed by atoms with E-state index in [-0.39, 0.29) is 12.6 Å². The first kappa shape index (κ1) is 17.8. The van der Waals surface area contributed by atoms with Crippen LogP contribution in [0.25, 0.3) is 0 Å². The Balaban J connectivity index is 1.48. The van der Waals surface area contributed by atoms with Crippen LogP contribution in [0.2, 0.25) is 0 Å². The van der Waals surface area contributed by atoms with E-state index in [0.717, 1.165) is 30.7 Å². The molecule has 1 aromatic heterocycles. The highest BCUT2D eigenvalue weighted by molar-refractivity contribution is 5.32. The summed E-state index contributed by atoms with van der Waals surface area (Å²) in [7, 11) is 1.64. The highest BCUT2D eigenvalue weighted by Gasteiger charge is 2.30. The van der Waals surface area contributed by atoms with Crippen molar-refractivity contribution < 1.29 is 19.1 Å². The summed E-state index contributed by atoms with van der Waals surface area (Å²) in [6.07, 6.45) is 1.48. The molecule has 0 bridgehead atoms. The molecule has 7 heteroatoms. The number of hydrogen-bond acceptors (Lipinski definition) is 7. The van der Waals surface area contributed by atoms with E-state index in [1.807, 2.05) is 24.3 Å². The lowest BCUT2D eigenvalue weighted by Crippen LogP contribution is -2.35. The van der Waals surface area contributed by atoms with E-state index >= 15 is 0 Å². The molecule has 0 amide bonds. The molecule has 1 aliphatic rings. The van der Waals surface area contributed by atoms with Crippen LogP contribution in [-0.2, 0) is 11.3 Å². The molecule has 0 saturated carbocycles. The van der Waals surface area contributed by atoms with E-state index in [1.165, 1.54) is 0 Å². The summed E-state index contributed by atoms with van der Waals surface area (Å²) in [5.41, 5.74) is 0.971. The number of aliphatic hydroxyl groups is 1. The molecular formula is C18H25N3O4. The van der Waals surface area contributed by atoms with Crippen molar-refractivity contribution in [2.75, 3.05) is 26.8 Å². The second kappa shape index (κ2) is 8.42. The van der Waals surface area contributed by atoms with Gasteiger partial charge in [0, 0.05) is 19.0 Å². The standard InChI is InChI=1S/C18H25N3O4/c1-13-19-18(20-25-13)16-7-5-9-21(16)10-15(22)12-24-11-14-6-3-4-8-17(14)23-2/h3-4,6,8,15-16,22H,5,7,9-12H2,1-2H3. The number of ether oxygens (including phenoxy) is 2. The third kappa shape index (κ3) is 4.56. The molecule has 136 valence electrons. The van der Waals surface area contributed by atoms with Crippen LogP contribution in [0.4, 0.5) is 0 Å². The smallest absolute Gasteiger partial charge is 0.223 e. The Labute approximate surface area is 147 Å². The number of aromatic nitrogens is 2. The Hall–Kier alpha value is -1.96. The van der Waals surface area contributed by atoms with Gasteiger partial charge in [0.15, 0.2) is 5.82 Å². The highest BCUT2D eigenvalue weighted by atomic mass is 16.5. The fourth-order valence-corrected chi connectivity index (χ4v) is 3.24. The second-order valence-electron chi connectivity index (χ2n) is 6.31. The van der Waals surface area contributed by atoms with Gasteiger partial charge >= 0.3 is 0 Å². The van der Waals surface area contributed by atoms with E-state index in [2.05, 4.69) is 15.0 Å². The molecule has 2 unspecified atom stereocenters. The van der Waals surface area contributed by atoms with Gasteiger partial charge in [0.1, 0.15) is 5.75 Å². The van der Waals surface area contributed by atoms with Gasteiger partial charge in [-0.1, -0.05) is 23.4 Å². The molecule has 1 aromatic carbocycles. The molecule has 1 saturated heterocycles. The van der Waals surface area contributed by atoms with Crippen LogP contribution in [0.3, 0.4) is 0 Å². The number of methoxy groups -OCH3 is 1. The number of likely N-dealkylation sites (tertiary alicyclic amines) is 1. The van der Waals surface area contributed by atoms with Crippen molar-refractivity contribution in [3.05, 3.63) is 41.5 Å². The fraction of sp³-hybridized carbons (Fsp3) is 0.556. The van der Waals surface area contributed by atoms with E-state index < -0.39 is 6.10 Å². The largest absolute Gasteiger partial charge is 0.496 e. The zero-order valence-corrected chi connectivity index (χ0v) is 14.7. The maximum Gasteiger partial charge on any atom is 0.223 e. The van der Waals surface area contributed by atoms with E-state index in [9.17, 15) is 5.11 Å². The van der Waals surface area contributed by atoms with Gasteiger partial charge in [-0.25, -0.2) is 0 Å². The molecule has 0 spiro atoms. The first-order valence-corrected chi connectivity index (χ1v) is 8.59. The minimum absolute atomic E-state index is 0.112. The van der Waals surface area contributed by atoms with Gasteiger partial charge < -0.3 is 19.1 Å². The van der Waals surface area contributed by atoms with Crippen LogP contribution in [0.15, 0.2) is 28.8 Å². The van der Waals surface area contributed by atoms with Crippen molar-refractivity contribution in [1.82, 2.24) is 15.0 Å². The number of aryl methyl sites for hydroxylation is 1. The Morgan fingerprint density at radius 2 is 2.24 bits per heavy atom. The topological polar surface area (TPSA) is 80.9 Å². The van der Waals surface area contributed by atoms with Crippen molar-refractivity contribution >= 4 is 0 Å². The number of benzene rings is 1. The number of hydrogen-bond donors (Lipinski definition) is 1. The van der Waals surface area contributed by atoms with Gasteiger partial charge in [-0.05, 0) is 25.5 Å². The number of nitrogens with zero attached hydrogens (tertiary/aromatic N) is 3. The summed E-state index contributed by atoms with van der Waals surface area (Å²) in [4.78, 5) is 6.52. The molecule has 7 nitrogen and oxygen atoms in total. The summed E-state index contributed by atoms with van der Waals surface area (Å²) in [6.45, 7) is 3.92. The molecule has 25 heavy (non-hydrogen) atoms. The molecule has 2 aromatic rings. The first-order chi connectivity index (χ1) is 12.2. The SMILES string of the molecule is COc1ccccc1COCC(O)CN1CCCC1c1noc(C)n1. The summed E-state index contributed by atoms with van der Waals surface area (Å²) in [5.74, 6) is 2.07. The normalized spacial score (nSPS) is 19.2. The lowest BCUT2D eigenvalue weighted by Gasteiger charge is -2.24. The van der Waals surface area contributed by atoms with Crippen LogP contribution in [-0.4, -0.2) is 53.1 Å². The quantitative estimate of drug-likeness (QED) is 0.783. The summed E-state index contributed by atoms with van der Waals surface area (Å²) in [5, 5.41) is 14.3. The second-order valence-corrected chi connectivity index (χ2v) is 6.31. The Kier molecular flexibility index (Phi) is 6.01. The van der Waals surface area contributed by atoms with E-state index in [0.29, 0.717) is 24.9 Å². The highest BCUT2D eigenvalue weighted by Crippen LogP contribution is 2.30. The molecule has 1 aliphatic heterocycles. The molecule has 1 N–H and O–H groups in total. The number of rotatable bonds is 8. The van der Waals surface area contributed by atoms with Crippen molar-refractivity contribution in [3.63, 3.8) is 0 Å². The molecule has 2 atom stereocenters. The molecule has 0 radical (unpaired) electrons. The van der Waals surface area contributed by atoms with Crippen molar-refractivity contribution in [2.24, 2.45) is 0 Å². The maximum absolute atomic E-state index is 10.3. The van der Waals surface area contributed by atoms with Crippen molar-refractivity contribution in [1.29, 1.82) is 0 Å². The molecule has 0 aliphatic carbocycles. The average Bonchev–Trinajstić information content (AvgIpc) is 3.24. The predicted molar refractivity (Wildman–Crippen MR) is 91.2 cm³/mol. The maximum atomic E-state index is 10.3. The zero-order valence-electron chi connectivity index (χ0n) is 14.7. The molecule has 1 fully saturated rings. The lowest BCUT2D eigenvalue weighted by atomic mass is 10.2. The van der Waals surface area contributed by atoms with Crippen LogP contribution in [0, 0.1) is 6.92 Å². The Morgan fingerprint density at radius 1 is 1.40 bits per heavy atom. The van der Waals surface area contributed by atoms with Gasteiger partial charge in [0.2, 0.25) is 5.89 Å². The predicted octanol–water partition coefficient (Wildman–Crippen LogP) is 2.10. The van der Waals surface area contributed by atoms with Crippen LogP contribution >= 0.6 is 0 Å². The Bertz CT molecular complexity index is 676. The third-order valence-electron chi connectivity index (χ3n) is 4.41. The Morgan fingerprint density at radius 3 is 3.00 bits per heavy atom. The third-order valence-corrected chi connectivity index (χ3v) is 4.41. The van der Waals surface area contributed by atoms with Gasteiger partial charge in [-0.2, -0.15) is 4.98 Å². The minimum atomic E-state index is -0.566. The van der Waals surface area contributed by atoms with Crippen LogP contribution in [0.1, 0.15) is 36.2 Å². The van der Waals surface area contributed by atoms with Crippen LogP contribution < -0.4 is 4.74 Å². The summed E-state index contributed by atoms with van der Waals surface area (Å²) in [6, 6.07) is 7.84. The van der Waals surface area contributed by atoms with Gasteiger partial charge in [-0.15, -0.1) is 0 Å².